The van der Waals surface area contributed by atoms with Gasteiger partial charge in [0.25, 0.3) is 0 Å². The van der Waals surface area contributed by atoms with E-state index in [2.05, 4.69) is 0 Å². The summed E-state index contributed by atoms with van der Waals surface area (Å²) < 4.78 is 5.71. The number of ether oxygens (including phenoxy) is 1. The van der Waals surface area contributed by atoms with Crippen molar-refractivity contribution in [2.24, 2.45) is 0 Å². The fourth-order valence-electron chi connectivity index (χ4n) is 2.20. The third kappa shape index (κ3) is 1.19. The van der Waals surface area contributed by atoms with Crippen molar-refractivity contribution < 1.29 is 9.84 Å². The molecule has 70 valence electrons. The summed E-state index contributed by atoms with van der Waals surface area (Å²) in [6, 6.07) is 0. The molecule has 0 bridgehead atoms. The van der Waals surface area contributed by atoms with Crippen molar-refractivity contribution in [3.63, 3.8) is 0 Å². The molecule has 1 aliphatic heterocycles. The molecule has 1 aliphatic carbocycles. The van der Waals surface area contributed by atoms with Crippen LogP contribution in [-0.2, 0) is 4.74 Å². The predicted octanol–water partition coefficient (Wildman–Crippen LogP) is 1.77. The second-order valence-corrected chi connectivity index (χ2v) is 5.29. The van der Waals surface area contributed by atoms with Crippen LogP contribution in [0.15, 0.2) is 0 Å². The van der Waals surface area contributed by atoms with Gasteiger partial charge in [-0.2, -0.15) is 0 Å². The third-order valence-electron chi connectivity index (χ3n) is 2.99. The number of aliphatic hydroxyl groups is 1. The molecule has 1 N–H and O–H groups in total. The first-order valence-electron chi connectivity index (χ1n) is 4.67. The molecule has 1 saturated carbocycles. The molecule has 2 aliphatic rings. The molecule has 2 fully saturated rings. The summed E-state index contributed by atoms with van der Waals surface area (Å²) in [5.74, 6) is 1.04. The molecule has 1 saturated heterocycles. The maximum absolute atomic E-state index is 10.2. The van der Waals surface area contributed by atoms with Gasteiger partial charge in [0.2, 0.25) is 0 Å². The molecule has 12 heavy (non-hydrogen) atoms. The lowest BCUT2D eigenvalue weighted by Crippen LogP contribution is -2.51. The van der Waals surface area contributed by atoms with Crippen molar-refractivity contribution in [2.45, 2.75) is 43.1 Å². The topological polar surface area (TPSA) is 29.5 Å². The molecule has 2 nitrogen and oxygen atoms in total. The Morgan fingerprint density at radius 3 is 2.67 bits per heavy atom. The number of rotatable bonds is 0. The first kappa shape index (κ1) is 8.85. The summed E-state index contributed by atoms with van der Waals surface area (Å²) in [5, 5.41) is 10.2. The van der Waals surface area contributed by atoms with Crippen LogP contribution in [0.25, 0.3) is 0 Å². The van der Waals surface area contributed by atoms with Gasteiger partial charge < -0.3 is 9.84 Å². The molecular formula is C9H16O2S. The summed E-state index contributed by atoms with van der Waals surface area (Å²) in [6.07, 6.45) is 4.24. The Bertz CT molecular complexity index is 173. The van der Waals surface area contributed by atoms with Gasteiger partial charge in [0, 0.05) is 5.75 Å². The zero-order valence-corrected chi connectivity index (χ0v) is 8.32. The van der Waals surface area contributed by atoms with E-state index in [1.165, 1.54) is 6.42 Å². The average Bonchev–Trinajstić information content (AvgIpc) is 2.46. The van der Waals surface area contributed by atoms with Crippen LogP contribution in [0.3, 0.4) is 0 Å². The third-order valence-corrected chi connectivity index (χ3v) is 4.59. The van der Waals surface area contributed by atoms with Gasteiger partial charge in [-0.1, -0.05) is 6.42 Å². The summed E-state index contributed by atoms with van der Waals surface area (Å²) in [5.41, 5.74) is -0.605. The van der Waals surface area contributed by atoms with Crippen molar-refractivity contribution >= 4 is 11.8 Å². The van der Waals surface area contributed by atoms with Gasteiger partial charge in [0.1, 0.15) is 10.5 Å². The van der Waals surface area contributed by atoms with Gasteiger partial charge in [0.05, 0.1) is 6.61 Å². The van der Waals surface area contributed by atoms with E-state index < -0.39 is 5.60 Å². The highest BCUT2D eigenvalue weighted by Crippen LogP contribution is 2.50. The summed E-state index contributed by atoms with van der Waals surface area (Å²) in [7, 11) is 0. The molecule has 1 spiro atoms. The fourth-order valence-corrected chi connectivity index (χ4v) is 3.56. The maximum atomic E-state index is 10.2. The molecule has 2 rings (SSSR count). The zero-order chi connectivity index (χ0) is 8.66. The van der Waals surface area contributed by atoms with Crippen LogP contribution >= 0.6 is 11.8 Å². The molecule has 2 atom stereocenters. The summed E-state index contributed by atoms with van der Waals surface area (Å²) >= 11 is 1.80. The maximum Gasteiger partial charge on any atom is 0.142 e. The van der Waals surface area contributed by atoms with E-state index in [0.717, 1.165) is 31.6 Å². The summed E-state index contributed by atoms with van der Waals surface area (Å²) in [4.78, 5) is -0.259. The van der Waals surface area contributed by atoms with Gasteiger partial charge in [0.15, 0.2) is 0 Å². The number of thioether (sulfide) groups is 1. The predicted molar refractivity (Wildman–Crippen MR) is 50.2 cm³/mol. The molecular weight excluding hydrogens is 172 g/mol. The standard InChI is InChI=1S/C9H16O2S/c1-8(10)4-2-3-5-9(8)11-6-7-12-9/h10H,2-7H2,1H3/t8-,9-/m1/s1. The van der Waals surface area contributed by atoms with Crippen molar-refractivity contribution in [3.8, 4) is 0 Å². The van der Waals surface area contributed by atoms with Crippen LogP contribution in [0.5, 0.6) is 0 Å². The molecule has 3 heteroatoms. The highest BCUT2D eigenvalue weighted by molar-refractivity contribution is 8.00. The minimum atomic E-state index is -0.605. The number of hydrogen-bond donors (Lipinski definition) is 1. The Morgan fingerprint density at radius 2 is 2.08 bits per heavy atom. The molecule has 0 aromatic rings. The minimum absolute atomic E-state index is 0.259. The second kappa shape index (κ2) is 2.89. The van der Waals surface area contributed by atoms with Crippen molar-refractivity contribution in [1.82, 2.24) is 0 Å². The highest BCUT2D eigenvalue weighted by atomic mass is 32.2. The lowest BCUT2D eigenvalue weighted by atomic mass is 9.83. The fraction of sp³-hybridized carbons (Fsp3) is 1.00. The SMILES string of the molecule is C[C@@]1(O)CCCC[C@]12OCCS2. The number of hydrogen-bond acceptors (Lipinski definition) is 3. The molecule has 0 radical (unpaired) electrons. The van der Waals surface area contributed by atoms with Crippen LogP contribution in [-0.4, -0.2) is 28.0 Å². The molecule has 0 unspecified atom stereocenters. The first-order valence-corrected chi connectivity index (χ1v) is 5.65. The van der Waals surface area contributed by atoms with Crippen molar-refractivity contribution in [1.29, 1.82) is 0 Å². The zero-order valence-electron chi connectivity index (χ0n) is 7.51. The van der Waals surface area contributed by atoms with Crippen LogP contribution in [0, 0.1) is 0 Å². The Kier molecular flexibility index (Phi) is 2.13. The van der Waals surface area contributed by atoms with E-state index in [1.54, 1.807) is 11.8 Å². The van der Waals surface area contributed by atoms with E-state index in [4.69, 9.17) is 4.74 Å². The second-order valence-electron chi connectivity index (χ2n) is 3.93. The van der Waals surface area contributed by atoms with Crippen LogP contribution < -0.4 is 0 Å². The van der Waals surface area contributed by atoms with Crippen molar-refractivity contribution in [3.05, 3.63) is 0 Å². The Balaban J connectivity index is 2.19. The Morgan fingerprint density at radius 1 is 1.33 bits per heavy atom. The lowest BCUT2D eigenvalue weighted by molar-refractivity contribution is -0.131. The molecule has 0 aromatic heterocycles. The first-order chi connectivity index (χ1) is 5.66. The monoisotopic (exact) mass is 188 g/mol. The quantitative estimate of drug-likeness (QED) is 0.628. The van der Waals surface area contributed by atoms with Crippen LogP contribution in [0.1, 0.15) is 32.6 Å². The smallest absolute Gasteiger partial charge is 0.142 e. The molecule has 0 aromatic carbocycles. The average molecular weight is 188 g/mol. The summed E-state index contributed by atoms with van der Waals surface area (Å²) in [6.45, 7) is 2.73. The van der Waals surface area contributed by atoms with Gasteiger partial charge in [-0.25, -0.2) is 0 Å². The lowest BCUT2D eigenvalue weighted by Gasteiger charge is -2.44. The largest absolute Gasteiger partial charge is 0.386 e. The van der Waals surface area contributed by atoms with Crippen LogP contribution in [0.4, 0.5) is 0 Å². The van der Waals surface area contributed by atoms with E-state index in [9.17, 15) is 5.11 Å². The molecule has 0 amide bonds. The van der Waals surface area contributed by atoms with E-state index in [1.807, 2.05) is 6.92 Å². The van der Waals surface area contributed by atoms with E-state index in [0.29, 0.717) is 0 Å². The van der Waals surface area contributed by atoms with Crippen LogP contribution in [0.2, 0.25) is 0 Å². The Labute approximate surface area is 77.7 Å². The van der Waals surface area contributed by atoms with Gasteiger partial charge in [-0.15, -0.1) is 11.8 Å². The molecule has 1 heterocycles. The normalized spacial score (nSPS) is 48.5. The van der Waals surface area contributed by atoms with Gasteiger partial charge in [-0.05, 0) is 26.2 Å². The van der Waals surface area contributed by atoms with Gasteiger partial charge in [-0.3, -0.25) is 0 Å². The van der Waals surface area contributed by atoms with Gasteiger partial charge >= 0.3 is 0 Å². The highest BCUT2D eigenvalue weighted by Gasteiger charge is 2.52. The van der Waals surface area contributed by atoms with E-state index in [-0.39, 0.29) is 4.93 Å². The Hall–Kier alpha value is 0.270. The van der Waals surface area contributed by atoms with E-state index >= 15 is 0 Å². The van der Waals surface area contributed by atoms with Crippen molar-refractivity contribution in [2.75, 3.05) is 12.4 Å². The minimum Gasteiger partial charge on any atom is -0.386 e.